The van der Waals surface area contributed by atoms with Gasteiger partial charge in [-0.1, -0.05) is 12.1 Å². The van der Waals surface area contributed by atoms with Gasteiger partial charge < -0.3 is 20.4 Å². The second-order valence-corrected chi connectivity index (χ2v) is 10.8. The molecule has 43 heavy (non-hydrogen) atoms. The molecule has 1 amide bonds. The summed E-state index contributed by atoms with van der Waals surface area (Å²) >= 11 is 0. The molecule has 0 unspecified atom stereocenters. The van der Waals surface area contributed by atoms with Gasteiger partial charge in [-0.15, -0.1) is 0 Å². The van der Waals surface area contributed by atoms with Crippen LogP contribution in [0.2, 0.25) is 0 Å². The summed E-state index contributed by atoms with van der Waals surface area (Å²) in [5.74, 6) is 0.993. The smallest absolute Gasteiger partial charge is 0.224 e. The topological polar surface area (TPSA) is 134 Å². The van der Waals surface area contributed by atoms with E-state index in [4.69, 9.17) is 9.72 Å². The van der Waals surface area contributed by atoms with Crippen molar-refractivity contribution < 1.29 is 13.9 Å². The van der Waals surface area contributed by atoms with Crippen LogP contribution in [0.4, 0.5) is 10.1 Å². The van der Waals surface area contributed by atoms with Gasteiger partial charge in [0.2, 0.25) is 5.91 Å². The lowest BCUT2D eigenvalue weighted by atomic mass is 9.94. The number of nitrogens with zero attached hydrogens (tertiary/aromatic N) is 4. The van der Waals surface area contributed by atoms with Gasteiger partial charge in [-0.3, -0.25) is 19.9 Å². The molecule has 1 fully saturated rings. The third kappa shape index (κ3) is 5.42. The van der Waals surface area contributed by atoms with E-state index < -0.39 is 0 Å². The average Bonchev–Trinajstić information content (AvgIpc) is 3.65. The molecule has 4 N–H and O–H groups in total. The summed E-state index contributed by atoms with van der Waals surface area (Å²) < 4.78 is 19.6. The second-order valence-electron chi connectivity index (χ2n) is 10.8. The Bertz CT molecular complexity index is 1960. The minimum Gasteiger partial charge on any atom is -0.497 e. The Kier molecular flexibility index (Phi) is 6.99. The second kappa shape index (κ2) is 11.3. The number of hydrogen-bond acceptors (Lipinski definition) is 7. The fourth-order valence-electron chi connectivity index (χ4n) is 5.68. The Balaban J connectivity index is 1.20. The number of para-hydroxylation sites is 1. The molecule has 6 aromatic rings. The van der Waals surface area contributed by atoms with E-state index in [1.165, 1.54) is 19.2 Å². The maximum Gasteiger partial charge on any atom is 0.224 e. The lowest BCUT2D eigenvalue weighted by molar-refractivity contribution is -0.117. The van der Waals surface area contributed by atoms with Crippen LogP contribution >= 0.6 is 0 Å². The van der Waals surface area contributed by atoms with E-state index in [2.05, 4.69) is 35.8 Å². The van der Waals surface area contributed by atoms with Crippen LogP contribution < -0.4 is 15.4 Å². The number of fused-ring (bicyclic) bond motifs is 2. The first kappa shape index (κ1) is 26.7. The summed E-state index contributed by atoms with van der Waals surface area (Å²) in [5.41, 5.74) is 6.35. The number of halogens is 1. The molecule has 11 heteroatoms. The maximum atomic E-state index is 14.3. The largest absolute Gasteiger partial charge is 0.497 e. The van der Waals surface area contributed by atoms with Crippen molar-refractivity contribution in [1.29, 1.82) is 0 Å². The zero-order valence-electron chi connectivity index (χ0n) is 23.4. The van der Waals surface area contributed by atoms with E-state index in [1.54, 1.807) is 24.7 Å². The first-order valence-corrected chi connectivity index (χ1v) is 14.2. The third-order valence-electron chi connectivity index (χ3n) is 7.85. The summed E-state index contributed by atoms with van der Waals surface area (Å²) in [7, 11) is 1.51. The number of nitrogens with one attached hydrogen (secondary N) is 4. The first-order chi connectivity index (χ1) is 21.0. The predicted molar refractivity (Wildman–Crippen MR) is 163 cm³/mol. The highest BCUT2D eigenvalue weighted by atomic mass is 19.1. The summed E-state index contributed by atoms with van der Waals surface area (Å²) in [6.45, 7) is 1.91. The molecule has 0 saturated carbocycles. The predicted octanol–water partition coefficient (Wildman–Crippen LogP) is 5.71. The van der Waals surface area contributed by atoms with Crippen LogP contribution in [0.15, 0.2) is 67.1 Å². The zero-order valence-corrected chi connectivity index (χ0v) is 23.4. The van der Waals surface area contributed by atoms with E-state index >= 15 is 0 Å². The number of imidazole rings is 1. The number of carbonyl (C=O) groups excluding carboxylic acids is 1. The van der Waals surface area contributed by atoms with Gasteiger partial charge in [0, 0.05) is 35.2 Å². The molecule has 5 heterocycles. The minimum atomic E-state index is -0.389. The van der Waals surface area contributed by atoms with Crippen molar-refractivity contribution in [3.05, 3.63) is 72.9 Å². The molecule has 2 aromatic carbocycles. The van der Waals surface area contributed by atoms with Gasteiger partial charge in [-0.2, -0.15) is 5.10 Å². The van der Waals surface area contributed by atoms with E-state index in [1.807, 2.05) is 30.3 Å². The van der Waals surface area contributed by atoms with Gasteiger partial charge in [0.25, 0.3) is 0 Å². The highest BCUT2D eigenvalue weighted by Crippen LogP contribution is 2.34. The van der Waals surface area contributed by atoms with E-state index in [0.29, 0.717) is 52.1 Å². The van der Waals surface area contributed by atoms with E-state index in [9.17, 15) is 9.18 Å². The minimum absolute atomic E-state index is 0.00711. The van der Waals surface area contributed by atoms with Crippen LogP contribution in [-0.4, -0.2) is 56.2 Å². The number of amides is 1. The van der Waals surface area contributed by atoms with Crippen LogP contribution in [0.3, 0.4) is 0 Å². The van der Waals surface area contributed by atoms with Crippen LogP contribution in [0, 0.1) is 11.7 Å². The van der Waals surface area contributed by atoms with Crippen LogP contribution in [0.1, 0.15) is 19.3 Å². The van der Waals surface area contributed by atoms with E-state index in [0.717, 1.165) is 53.5 Å². The van der Waals surface area contributed by atoms with Crippen LogP contribution in [0.5, 0.6) is 5.75 Å². The van der Waals surface area contributed by atoms with Crippen molar-refractivity contribution >= 4 is 33.5 Å². The lowest BCUT2D eigenvalue weighted by Crippen LogP contribution is -2.30. The molecule has 0 atom stereocenters. The molecule has 7 rings (SSSR count). The molecule has 4 aromatic heterocycles. The number of methoxy groups -OCH3 is 1. The summed E-state index contributed by atoms with van der Waals surface area (Å²) in [5, 5.41) is 14.7. The Morgan fingerprint density at radius 2 is 1.93 bits per heavy atom. The van der Waals surface area contributed by atoms with Crippen molar-refractivity contribution in [3.8, 4) is 39.7 Å². The lowest BCUT2D eigenvalue weighted by Gasteiger charge is -2.21. The molecular formula is C32H29FN8O2. The van der Waals surface area contributed by atoms with Gasteiger partial charge in [0.05, 0.1) is 47.4 Å². The van der Waals surface area contributed by atoms with Crippen LogP contribution in [-0.2, 0) is 4.79 Å². The number of ether oxygens (including phenoxy) is 1. The molecule has 1 aliphatic heterocycles. The monoisotopic (exact) mass is 576 g/mol. The quantitative estimate of drug-likeness (QED) is 0.191. The van der Waals surface area contributed by atoms with Crippen molar-refractivity contribution in [1.82, 2.24) is 35.5 Å². The molecule has 0 radical (unpaired) electrons. The third-order valence-corrected chi connectivity index (χ3v) is 7.85. The summed E-state index contributed by atoms with van der Waals surface area (Å²) in [4.78, 5) is 29.9. The number of pyridine rings is 2. The number of H-pyrrole nitrogens is 2. The number of aromatic nitrogens is 6. The molecule has 10 nitrogen and oxygen atoms in total. The zero-order chi connectivity index (χ0) is 29.3. The van der Waals surface area contributed by atoms with Crippen LogP contribution in [0.25, 0.3) is 55.8 Å². The molecule has 1 aliphatic rings. The fraction of sp³-hybridized carbons (Fsp3) is 0.219. The summed E-state index contributed by atoms with van der Waals surface area (Å²) in [6, 6.07) is 14.1. The highest BCUT2D eigenvalue weighted by Gasteiger charge is 2.19. The van der Waals surface area contributed by atoms with Crippen molar-refractivity contribution in [2.45, 2.75) is 19.3 Å². The molecule has 1 saturated heterocycles. The Labute approximate surface area is 246 Å². The standard InChI is InChI=1S/C32H29FN8O2/c1-43-23-12-19(10-21(33)13-23)24-3-2-4-26-30(24)39-32(38-26)31-25-14-27(36-17-28(25)40-41-31)20-11-22(16-35-15-20)37-29(42)9-18-5-7-34-8-6-18/h2-4,10-18,34H,5-9H2,1H3,(H,37,42)(H,38,39)(H,40,41). The molecule has 0 spiro atoms. The molecule has 0 bridgehead atoms. The number of benzene rings is 2. The number of aromatic amines is 2. The molecule has 216 valence electrons. The van der Waals surface area contributed by atoms with E-state index in [-0.39, 0.29) is 11.7 Å². The highest BCUT2D eigenvalue weighted by molar-refractivity contribution is 5.98. The van der Waals surface area contributed by atoms with Gasteiger partial charge in [-0.05, 0) is 67.7 Å². The number of carbonyl (C=O) groups is 1. The first-order valence-electron chi connectivity index (χ1n) is 14.2. The van der Waals surface area contributed by atoms with Crippen molar-refractivity contribution in [2.24, 2.45) is 5.92 Å². The van der Waals surface area contributed by atoms with Gasteiger partial charge in [0.1, 0.15) is 17.3 Å². The molecular weight excluding hydrogens is 547 g/mol. The van der Waals surface area contributed by atoms with Gasteiger partial charge in [0.15, 0.2) is 5.82 Å². The number of piperidine rings is 1. The van der Waals surface area contributed by atoms with Crippen molar-refractivity contribution in [3.63, 3.8) is 0 Å². The maximum absolute atomic E-state index is 14.3. The molecule has 0 aliphatic carbocycles. The average molecular weight is 577 g/mol. The number of hydrogen-bond donors (Lipinski definition) is 4. The number of rotatable bonds is 7. The SMILES string of the molecule is COc1cc(F)cc(-c2cccc3[nH]c(-c4n[nH]c5cnc(-c6cncc(NC(=O)CC7CCNCC7)c6)cc45)nc23)c1. The Hall–Kier alpha value is -5.16. The summed E-state index contributed by atoms with van der Waals surface area (Å²) in [6.07, 6.45) is 7.60. The fourth-order valence-corrected chi connectivity index (χ4v) is 5.68. The Morgan fingerprint density at radius 3 is 2.79 bits per heavy atom. The normalized spacial score (nSPS) is 13.9. The van der Waals surface area contributed by atoms with Gasteiger partial charge in [-0.25, -0.2) is 9.37 Å². The van der Waals surface area contributed by atoms with Gasteiger partial charge >= 0.3 is 0 Å². The van der Waals surface area contributed by atoms with Crippen molar-refractivity contribution in [2.75, 3.05) is 25.5 Å². The number of anilines is 1. The Morgan fingerprint density at radius 1 is 1.05 bits per heavy atom.